The van der Waals surface area contributed by atoms with Crippen LogP contribution in [0.4, 0.5) is 13.6 Å². The van der Waals surface area contributed by atoms with Crippen molar-refractivity contribution in [1.82, 2.24) is 10.2 Å². The van der Waals surface area contributed by atoms with E-state index in [1.54, 1.807) is 20.8 Å². The van der Waals surface area contributed by atoms with E-state index in [1.165, 1.54) is 21.6 Å². The van der Waals surface area contributed by atoms with Crippen LogP contribution in [0.25, 0.3) is 0 Å². The molecule has 1 heterocycles. The summed E-state index contributed by atoms with van der Waals surface area (Å²) in [6.45, 7) is 4.33. The normalized spacial score (nSPS) is 19.4. The highest BCUT2D eigenvalue weighted by Crippen LogP contribution is 2.31. The number of aliphatic carboxylic acids is 1. The van der Waals surface area contributed by atoms with E-state index in [1.807, 2.05) is 0 Å². The summed E-state index contributed by atoms with van der Waals surface area (Å²) in [5.74, 6) is -4.59. The SMILES string of the molecule is CC(C)(C)OC(=O)N1CC(C(=O)NCCSSCCC(=O)O)CC(F)(F)C1. The van der Waals surface area contributed by atoms with E-state index in [4.69, 9.17) is 9.84 Å². The minimum Gasteiger partial charge on any atom is -0.481 e. The van der Waals surface area contributed by atoms with Gasteiger partial charge in [-0.2, -0.15) is 0 Å². The fourth-order valence-corrected chi connectivity index (χ4v) is 4.23. The minimum absolute atomic E-state index is 0.0572. The number of alkyl halides is 2. The summed E-state index contributed by atoms with van der Waals surface area (Å²) in [6.07, 6.45) is -1.41. The minimum atomic E-state index is -3.15. The van der Waals surface area contributed by atoms with Crippen molar-refractivity contribution in [2.75, 3.05) is 31.1 Å². The zero-order valence-corrected chi connectivity index (χ0v) is 17.3. The Hall–Kier alpha value is -1.23. The number of amides is 2. The third-order valence-corrected chi connectivity index (χ3v) is 5.81. The Labute approximate surface area is 165 Å². The lowest BCUT2D eigenvalue weighted by Gasteiger charge is -2.37. The molecule has 156 valence electrons. The summed E-state index contributed by atoms with van der Waals surface area (Å²) in [5, 5.41) is 11.1. The molecule has 0 spiro atoms. The molecular weight excluding hydrogens is 402 g/mol. The number of rotatable bonds is 8. The molecule has 1 atom stereocenters. The Morgan fingerprint density at radius 3 is 2.48 bits per heavy atom. The van der Waals surface area contributed by atoms with Gasteiger partial charge in [0.1, 0.15) is 5.60 Å². The number of piperidine rings is 1. The van der Waals surface area contributed by atoms with Gasteiger partial charge in [0, 0.05) is 31.0 Å². The highest BCUT2D eigenvalue weighted by atomic mass is 33.1. The molecule has 0 aromatic rings. The van der Waals surface area contributed by atoms with Crippen LogP contribution in [0.15, 0.2) is 0 Å². The van der Waals surface area contributed by atoms with E-state index in [0.717, 1.165) is 4.90 Å². The topological polar surface area (TPSA) is 95.9 Å². The van der Waals surface area contributed by atoms with Gasteiger partial charge in [0.2, 0.25) is 5.91 Å². The molecule has 1 unspecified atom stereocenters. The number of carbonyl (C=O) groups is 3. The van der Waals surface area contributed by atoms with Crippen molar-refractivity contribution in [2.24, 2.45) is 5.92 Å². The summed E-state index contributed by atoms with van der Waals surface area (Å²) in [7, 11) is 2.77. The molecule has 0 aromatic carbocycles. The molecule has 0 radical (unpaired) electrons. The summed E-state index contributed by atoms with van der Waals surface area (Å²) in [4.78, 5) is 35.5. The zero-order chi connectivity index (χ0) is 20.7. The summed E-state index contributed by atoms with van der Waals surface area (Å²) in [5.41, 5.74) is -0.808. The van der Waals surface area contributed by atoms with Gasteiger partial charge in [-0.1, -0.05) is 21.6 Å². The molecule has 0 bridgehead atoms. The van der Waals surface area contributed by atoms with E-state index in [0.29, 0.717) is 11.5 Å². The molecule has 11 heteroatoms. The fraction of sp³-hybridized carbons (Fsp3) is 0.812. The molecule has 2 N–H and O–H groups in total. The zero-order valence-electron chi connectivity index (χ0n) is 15.6. The predicted molar refractivity (Wildman–Crippen MR) is 101 cm³/mol. The number of hydrogen-bond donors (Lipinski definition) is 2. The highest BCUT2D eigenvalue weighted by Gasteiger charge is 2.45. The lowest BCUT2D eigenvalue weighted by atomic mass is 9.94. The van der Waals surface area contributed by atoms with Crippen molar-refractivity contribution in [1.29, 1.82) is 0 Å². The van der Waals surface area contributed by atoms with Crippen molar-refractivity contribution in [3.8, 4) is 0 Å². The second-order valence-electron chi connectivity index (χ2n) is 7.20. The van der Waals surface area contributed by atoms with Gasteiger partial charge in [-0.05, 0) is 20.8 Å². The van der Waals surface area contributed by atoms with Crippen molar-refractivity contribution in [2.45, 2.75) is 45.1 Å². The number of halogens is 2. The number of carbonyl (C=O) groups excluding carboxylic acids is 2. The van der Waals surface area contributed by atoms with Crippen LogP contribution in [0.3, 0.4) is 0 Å². The molecule has 1 saturated heterocycles. The molecule has 27 heavy (non-hydrogen) atoms. The molecule has 1 fully saturated rings. The van der Waals surface area contributed by atoms with Gasteiger partial charge in [-0.25, -0.2) is 13.6 Å². The maximum absolute atomic E-state index is 14.0. The first-order chi connectivity index (χ1) is 12.4. The molecule has 1 aliphatic rings. The van der Waals surface area contributed by atoms with Gasteiger partial charge < -0.3 is 20.1 Å². The van der Waals surface area contributed by atoms with Gasteiger partial charge in [0.05, 0.1) is 18.9 Å². The van der Waals surface area contributed by atoms with Crippen molar-refractivity contribution < 1.29 is 33.0 Å². The first kappa shape index (κ1) is 23.8. The number of nitrogens with zero attached hydrogens (tertiary/aromatic N) is 1. The first-order valence-corrected chi connectivity index (χ1v) is 11.0. The largest absolute Gasteiger partial charge is 0.481 e. The summed E-state index contributed by atoms with van der Waals surface area (Å²) >= 11 is 0. The molecular formula is C16H26F2N2O5S2. The fourth-order valence-electron chi connectivity index (χ4n) is 2.35. The van der Waals surface area contributed by atoms with E-state index in [2.05, 4.69) is 5.32 Å². The van der Waals surface area contributed by atoms with Crippen LogP contribution in [-0.2, 0) is 14.3 Å². The molecule has 1 aliphatic heterocycles. The third kappa shape index (κ3) is 10.0. The summed E-state index contributed by atoms with van der Waals surface area (Å²) < 4.78 is 33.1. The number of carboxylic acid groups (broad SMARTS) is 1. The Balaban J connectivity index is 2.44. The van der Waals surface area contributed by atoms with E-state index in [9.17, 15) is 23.2 Å². The third-order valence-electron chi connectivity index (χ3n) is 3.40. The van der Waals surface area contributed by atoms with Gasteiger partial charge in [-0.15, -0.1) is 0 Å². The van der Waals surface area contributed by atoms with Crippen LogP contribution in [0, 0.1) is 5.92 Å². The average Bonchev–Trinajstić information content (AvgIpc) is 2.50. The molecule has 1 rings (SSSR count). The predicted octanol–water partition coefficient (Wildman–Crippen LogP) is 2.85. The number of likely N-dealkylation sites (tertiary alicyclic amines) is 1. The Morgan fingerprint density at radius 2 is 1.89 bits per heavy atom. The van der Waals surface area contributed by atoms with Crippen molar-refractivity contribution in [3.63, 3.8) is 0 Å². The Bertz CT molecular complexity index is 543. The molecule has 0 saturated carbocycles. The molecule has 7 nitrogen and oxygen atoms in total. The second kappa shape index (κ2) is 10.4. The van der Waals surface area contributed by atoms with E-state index >= 15 is 0 Å². The number of carboxylic acids is 1. The van der Waals surface area contributed by atoms with E-state index < -0.39 is 48.4 Å². The van der Waals surface area contributed by atoms with Crippen LogP contribution in [0.1, 0.15) is 33.6 Å². The highest BCUT2D eigenvalue weighted by molar-refractivity contribution is 8.76. The van der Waals surface area contributed by atoms with E-state index in [-0.39, 0.29) is 19.5 Å². The lowest BCUT2D eigenvalue weighted by molar-refractivity contribution is -0.137. The van der Waals surface area contributed by atoms with Gasteiger partial charge in [0.15, 0.2) is 0 Å². The van der Waals surface area contributed by atoms with Gasteiger partial charge >= 0.3 is 12.1 Å². The number of ether oxygens (including phenoxy) is 1. The Morgan fingerprint density at radius 1 is 1.26 bits per heavy atom. The maximum Gasteiger partial charge on any atom is 0.410 e. The van der Waals surface area contributed by atoms with Crippen LogP contribution in [-0.4, -0.2) is 70.6 Å². The quantitative estimate of drug-likeness (QED) is 0.453. The lowest BCUT2D eigenvalue weighted by Crippen LogP contribution is -2.54. The molecule has 0 aromatic heterocycles. The average molecular weight is 429 g/mol. The number of nitrogens with one attached hydrogen (secondary N) is 1. The van der Waals surface area contributed by atoms with Crippen LogP contribution >= 0.6 is 21.6 Å². The maximum atomic E-state index is 14.0. The van der Waals surface area contributed by atoms with Crippen LogP contribution < -0.4 is 5.32 Å². The smallest absolute Gasteiger partial charge is 0.410 e. The monoisotopic (exact) mass is 428 g/mol. The summed E-state index contributed by atoms with van der Waals surface area (Å²) in [6, 6.07) is 0. The van der Waals surface area contributed by atoms with Gasteiger partial charge in [0.25, 0.3) is 5.92 Å². The van der Waals surface area contributed by atoms with Crippen LogP contribution in [0.2, 0.25) is 0 Å². The second-order valence-corrected chi connectivity index (χ2v) is 9.90. The number of hydrogen-bond acceptors (Lipinski definition) is 6. The van der Waals surface area contributed by atoms with Gasteiger partial charge in [-0.3, -0.25) is 9.59 Å². The van der Waals surface area contributed by atoms with Crippen LogP contribution in [0.5, 0.6) is 0 Å². The molecule has 0 aliphatic carbocycles. The molecule has 2 amide bonds. The Kier molecular flexibility index (Phi) is 9.13. The first-order valence-electron chi connectivity index (χ1n) is 8.49. The van der Waals surface area contributed by atoms with Crippen molar-refractivity contribution >= 4 is 39.6 Å². The standard InChI is InChI=1S/C16H26F2N2O5S2/c1-15(2,3)25-14(24)20-9-11(8-16(17,18)10-20)13(23)19-5-7-27-26-6-4-12(21)22/h11H,4-10H2,1-3H3,(H,19,23)(H,21,22). The van der Waals surface area contributed by atoms with Crippen molar-refractivity contribution in [3.05, 3.63) is 0 Å².